The molecule has 1 unspecified atom stereocenters. The van der Waals surface area contributed by atoms with Gasteiger partial charge in [0.1, 0.15) is 0 Å². The van der Waals surface area contributed by atoms with Crippen LogP contribution in [0.15, 0.2) is 29.2 Å². The van der Waals surface area contributed by atoms with Crippen LogP contribution in [0.3, 0.4) is 0 Å². The maximum absolute atomic E-state index is 12.5. The molecule has 2 N–H and O–H groups in total. The third-order valence-electron chi connectivity index (χ3n) is 3.39. The molecule has 8 heteroatoms. The molecule has 6 nitrogen and oxygen atoms in total. The molecule has 1 aromatic carbocycles. The Kier molecular flexibility index (Phi) is 6.15. The van der Waals surface area contributed by atoms with E-state index in [-0.39, 0.29) is 29.3 Å². The maximum Gasteiger partial charge on any atom is 0.251 e. The second kappa shape index (κ2) is 7.22. The summed E-state index contributed by atoms with van der Waals surface area (Å²) in [6.45, 7) is 3.64. The molecular weight excluding hydrogens is 314 g/mol. The number of carbonyl (C=O) groups is 1. The van der Waals surface area contributed by atoms with Crippen molar-refractivity contribution < 1.29 is 13.2 Å². The Morgan fingerprint density at radius 1 is 1.33 bits per heavy atom. The zero-order chi connectivity index (χ0) is 14.8. The van der Waals surface area contributed by atoms with Crippen LogP contribution in [-0.2, 0) is 10.0 Å². The summed E-state index contributed by atoms with van der Waals surface area (Å²) < 4.78 is 26.6. The molecule has 0 aromatic heterocycles. The molecule has 2 rings (SSSR count). The van der Waals surface area contributed by atoms with Gasteiger partial charge in [0.25, 0.3) is 5.91 Å². The Labute approximate surface area is 131 Å². The van der Waals surface area contributed by atoms with Crippen molar-refractivity contribution in [1.29, 1.82) is 0 Å². The first-order valence-corrected chi connectivity index (χ1v) is 7.95. The molecule has 1 aromatic rings. The summed E-state index contributed by atoms with van der Waals surface area (Å²) in [5.74, 6) is -0.232. The number of hydrogen-bond donors (Lipinski definition) is 2. The molecule has 0 spiro atoms. The van der Waals surface area contributed by atoms with Gasteiger partial charge in [-0.2, -0.15) is 4.31 Å². The molecule has 1 heterocycles. The van der Waals surface area contributed by atoms with Gasteiger partial charge in [-0.3, -0.25) is 4.79 Å². The third kappa shape index (κ3) is 3.74. The van der Waals surface area contributed by atoms with Crippen molar-refractivity contribution in [3.05, 3.63) is 29.8 Å². The predicted octanol–water partition coefficient (Wildman–Crippen LogP) is 0.450. The van der Waals surface area contributed by atoms with Gasteiger partial charge in [-0.25, -0.2) is 8.42 Å². The van der Waals surface area contributed by atoms with Crippen molar-refractivity contribution in [3.63, 3.8) is 0 Å². The van der Waals surface area contributed by atoms with Crippen LogP contribution in [-0.4, -0.2) is 51.4 Å². The second-order valence-electron chi connectivity index (χ2n) is 4.77. The highest BCUT2D eigenvalue weighted by molar-refractivity contribution is 7.89. The molecular formula is C13H20ClN3O3S. The van der Waals surface area contributed by atoms with E-state index in [0.717, 1.165) is 0 Å². The van der Waals surface area contributed by atoms with Crippen molar-refractivity contribution >= 4 is 28.3 Å². The first-order valence-electron chi connectivity index (χ1n) is 6.51. The Hall–Kier alpha value is -1.15. The lowest BCUT2D eigenvalue weighted by Gasteiger charge is -2.32. The summed E-state index contributed by atoms with van der Waals surface area (Å²) in [6, 6.07) is 5.94. The number of hydrogen-bond acceptors (Lipinski definition) is 4. The number of amides is 1. The van der Waals surface area contributed by atoms with Crippen LogP contribution in [0.2, 0.25) is 0 Å². The summed E-state index contributed by atoms with van der Waals surface area (Å²) in [4.78, 5) is 11.7. The van der Waals surface area contributed by atoms with Crippen molar-refractivity contribution in [2.75, 3.05) is 26.7 Å². The van der Waals surface area contributed by atoms with Gasteiger partial charge in [0.05, 0.1) is 4.90 Å². The van der Waals surface area contributed by atoms with Crippen molar-refractivity contribution in [2.24, 2.45) is 0 Å². The summed E-state index contributed by atoms with van der Waals surface area (Å²) in [5, 5.41) is 5.66. The number of carbonyl (C=O) groups excluding carboxylic acids is 1. The minimum Gasteiger partial charge on any atom is -0.355 e. The SMILES string of the molecule is CNC(=O)c1ccc(S(=O)(=O)N2CCNCC2C)cc1.Cl. The lowest BCUT2D eigenvalue weighted by molar-refractivity contribution is 0.0963. The predicted molar refractivity (Wildman–Crippen MR) is 83.3 cm³/mol. The van der Waals surface area contributed by atoms with Crippen molar-refractivity contribution in [2.45, 2.75) is 17.9 Å². The Bertz CT molecular complexity index is 589. The molecule has 0 saturated carbocycles. The van der Waals surface area contributed by atoms with Crippen LogP contribution in [0.4, 0.5) is 0 Å². The van der Waals surface area contributed by atoms with E-state index in [1.165, 1.54) is 35.6 Å². The van der Waals surface area contributed by atoms with Crippen LogP contribution in [0.5, 0.6) is 0 Å². The molecule has 0 radical (unpaired) electrons. The van der Waals surface area contributed by atoms with Gasteiger partial charge < -0.3 is 10.6 Å². The van der Waals surface area contributed by atoms with Crippen LogP contribution in [0, 0.1) is 0 Å². The number of nitrogens with one attached hydrogen (secondary N) is 2. The molecule has 1 aliphatic heterocycles. The standard InChI is InChI=1S/C13H19N3O3S.ClH/c1-10-9-15-7-8-16(10)20(18,19)12-5-3-11(4-6-12)13(17)14-2;/h3-6,10,15H,7-9H2,1-2H3,(H,14,17);1H. The molecule has 1 saturated heterocycles. The zero-order valence-corrected chi connectivity index (χ0v) is 13.6. The fraction of sp³-hybridized carbons (Fsp3) is 0.462. The first-order chi connectivity index (χ1) is 9.46. The molecule has 1 amide bonds. The van der Waals surface area contributed by atoms with E-state index in [1.54, 1.807) is 0 Å². The Balaban J connectivity index is 0.00000220. The highest BCUT2D eigenvalue weighted by Gasteiger charge is 2.30. The number of benzene rings is 1. The fourth-order valence-corrected chi connectivity index (χ4v) is 3.87. The van der Waals surface area contributed by atoms with E-state index in [2.05, 4.69) is 10.6 Å². The lowest BCUT2D eigenvalue weighted by Crippen LogP contribution is -2.52. The molecule has 118 valence electrons. The van der Waals surface area contributed by atoms with Crippen molar-refractivity contribution in [1.82, 2.24) is 14.9 Å². The molecule has 1 aliphatic rings. The van der Waals surface area contributed by atoms with Crippen LogP contribution < -0.4 is 10.6 Å². The second-order valence-corrected chi connectivity index (χ2v) is 6.66. The van der Waals surface area contributed by atoms with E-state index >= 15 is 0 Å². The monoisotopic (exact) mass is 333 g/mol. The third-order valence-corrected chi connectivity index (χ3v) is 5.42. The number of sulfonamides is 1. The maximum atomic E-state index is 12.5. The summed E-state index contributed by atoms with van der Waals surface area (Å²) in [7, 11) is -1.96. The summed E-state index contributed by atoms with van der Waals surface area (Å²) >= 11 is 0. The Morgan fingerprint density at radius 3 is 2.48 bits per heavy atom. The normalized spacial score (nSPS) is 19.6. The Morgan fingerprint density at radius 2 is 1.95 bits per heavy atom. The van der Waals surface area contributed by atoms with Gasteiger partial charge in [0, 0.05) is 38.3 Å². The number of rotatable bonds is 3. The number of nitrogens with zero attached hydrogens (tertiary/aromatic N) is 1. The van der Waals surface area contributed by atoms with Gasteiger partial charge in [-0.05, 0) is 31.2 Å². The van der Waals surface area contributed by atoms with Crippen LogP contribution >= 0.6 is 12.4 Å². The topological polar surface area (TPSA) is 78.5 Å². The van der Waals surface area contributed by atoms with E-state index in [9.17, 15) is 13.2 Å². The smallest absolute Gasteiger partial charge is 0.251 e. The minimum absolute atomic E-state index is 0. The van der Waals surface area contributed by atoms with E-state index < -0.39 is 10.0 Å². The van der Waals surface area contributed by atoms with Crippen LogP contribution in [0.25, 0.3) is 0 Å². The summed E-state index contributed by atoms with van der Waals surface area (Å²) in [6.07, 6.45) is 0. The average molecular weight is 334 g/mol. The number of piperazine rings is 1. The van der Waals surface area contributed by atoms with Gasteiger partial charge in [0.2, 0.25) is 10.0 Å². The lowest BCUT2D eigenvalue weighted by atomic mass is 10.2. The van der Waals surface area contributed by atoms with Crippen molar-refractivity contribution in [3.8, 4) is 0 Å². The largest absolute Gasteiger partial charge is 0.355 e. The van der Waals surface area contributed by atoms with Crippen LogP contribution in [0.1, 0.15) is 17.3 Å². The molecule has 21 heavy (non-hydrogen) atoms. The quantitative estimate of drug-likeness (QED) is 0.842. The number of halogens is 1. The first kappa shape index (κ1) is 17.9. The average Bonchev–Trinajstić information content (AvgIpc) is 2.47. The highest BCUT2D eigenvalue weighted by atomic mass is 35.5. The van der Waals surface area contributed by atoms with Gasteiger partial charge in [0.15, 0.2) is 0 Å². The molecule has 0 bridgehead atoms. The van der Waals surface area contributed by atoms with Gasteiger partial charge >= 0.3 is 0 Å². The van der Waals surface area contributed by atoms with E-state index in [4.69, 9.17) is 0 Å². The summed E-state index contributed by atoms with van der Waals surface area (Å²) in [5.41, 5.74) is 0.444. The minimum atomic E-state index is -3.50. The highest BCUT2D eigenvalue weighted by Crippen LogP contribution is 2.19. The fourth-order valence-electron chi connectivity index (χ4n) is 2.24. The molecule has 1 atom stereocenters. The van der Waals surface area contributed by atoms with E-state index in [0.29, 0.717) is 25.2 Å². The molecule has 1 fully saturated rings. The van der Waals surface area contributed by atoms with Gasteiger partial charge in [-0.1, -0.05) is 0 Å². The zero-order valence-electron chi connectivity index (χ0n) is 12.0. The van der Waals surface area contributed by atoms with E-state index in [1.807, 2.05) is 6.92 Å². The van der Waals surface area contributed by atoms with Gasteiger partial charge in [-0.15, -0.1) is 12.4 Å². The molecule has 0 aliphatic carbocycles.